The van der Waals surface area contributed by atoms with E-state index in [9.17, 15) is 8.42 Å². The van der Waals surface area contributed by atoms with E-state index < -0.39 is 10.0 Å². The molecule has 142 valence electrons. The Morgan fingerprint density at radius 2 is 1.85 bits per heavy atom. The van der Waals surface area contributed by atoms with Gasteiger partial charge in [0.2, 0.25) is 10.0 Å². The van der Waals surface area contributed by atoms with Crippen LogP contribution < -0.4 is 4.72 Å². The molecule has 1 saturated heterocycles. The zero-order valence-corrected chi connectivity index (χ0v) is 15.7. The zero-order chi connectivity index (χ0) is 18.2. The van der Waals surface area contributed by atoms with Gasteiger partial charge in [0.25, 0.3) is 0 Å². The molecule has 7 heteroatoms. The third kappa shape index (κ3) is 5.67. The third-order valence-electron chi connectivity index (χ3n) is 4.58. The Morgan fingerprint density at radius 1 is 1.08 bits per heavy atom. The molecule has 0 aliphatic carbocycles. The first kappa shape index (κ1) is 19.1. The summed E-state index contributed by atoms with van der Waals surface area (Å²) < 4.78 is 38.5. The van der Waals surface area contributed by atoms with Gasteiger partial charge in [-0.2, -0.15) is 0 Å². The second-order valence-electron chi connectivity index (χ2n) is 6.44. The van der Waals surface area contributed by atoms with Crippen LogP contribution in [0.5, 0.6) is 0 Å². The number of aryl methyl sites for hydroxylation is 1. The molecule has 1 aromatic carbocycles. The van der Waals surface area contributed by atoms with Gasteiger partial charge in [0, 0.05) is 19.6 Å². The number of nitrogens with zero attached hydrogens (tertiary/aromatic N) is 1. The number of sulfonamides is 1. The van der Waals surface area contributed by atoms with Crippen LogP contribution in [0.15, 0.2) is 53.1 Å². The van der Waals surface area contributed by atoms with E-state index in [-0.39, 0.29) is 11.8 Å². The molecule has 0 spiro atoms. The summed E-state index contributed by atoms with van der Waals surface area (Å²) in [4.78, 5) is 2.20. The minimum absolute atomic E-state index is 0.113. The van der Waals surface area contributed by atoms with Gasteiger partial charge in [0.15, 0.2) is 0 Å². The van der Waals surface area contributed by atoms with Crippen LogP contribution in [0.3, 0.4) is 0 Å². The number of ether oxygens (including phenoxy) is 1. The maximum atomic E-state index is 12.4. The normalized spacial score (nSPS) is 17.2. The van der Waals surface area contributed by atoms with Crippen LogP contribution in [0.2, 0.25) is 0 Å². The molecule has 1 atom stereocenters. The summed E-state index contributed by atoms with van der Waals surface area (Å²) in [6.45, 7) is 3.14. The van der Waals surface area contributed by atoms with Crippen molar-refractivity contribution in [3.05, 3.63) is 60.1 Å². The highest BCUT2D eigenvalue weighted by molar-refractivity contribution is 7.89. The van der Waals surface area contributed by atoms with Crippen molar-refractivity contribution in [2.24, 2.45) is 0 Å². The topological polar surface area (TPSA) is 71.8 Å². The van der Waals surface area contributed by atoms with Crippen LogP contribution >= 0.6 is 0 Å². The standard InChI is InChI=1S/C19H26N2O4S/c22-26(23,15-5-8-17-6-2-1-3-7-17)20-16-18(19-9-4-12-25-19)21-10-13-24-14-11-21/h1-4,6-7,9,12,18,20H,5,8,10-11,13-16H2. The quantitative estimate of drug-likeness (QED) is 0.724. The molecule has 1 fully saturated rings. The summed E-state index contributed by atoms with van der Waals surface area (Å²) in [7, 11) is -3.33. The molecule has 0 bridgehead atoms. The molecule has 6 nitrogen and oxygen atoms in total. The van der Waals surface area contributed by atoms with Crippen molar-refractivity contribution in [1.29, 1.82) is 0 Å². The molecule has 0 saturated carbocycles. The molecule has 26 heavy (non-hydrogen) atoms. The van der Waals surface area contributed by atoms with Crippen molar-refractivity contribution in [2.75, 3.05) is 38.6 Å². The lowest BCUT2D eigenvalue weighted by Gasteiger charge is -2.33. The van der Waals surface area contributed by atoms with Gasteiger partial charge in [-0.1, -0.05) is 30.3 Å². The van der Waals surface area contributed by atoms with Crippen LogP contribution in [0, 0.1) is 0 Å². The van der Waals surface area contributed by atoms with Gasteiger partial charge in [-0.05, 0) is 30.5 Å². The highest BCUT2D eigenvalue weighted by Crippen LogP contribution is 2.22. The predicted octanol–water partition coefficient (Wildman–Crippen LogP) is 2.21. The Bertz CT molecular complexity index is 741. The van der Waals surface area contributed by atoms with Crippen molar-refractivity contribution in [3.63, 3.8) is 0 Å². The van der Waals surface area contributed by atoms with Gasteiger partial charge in [0.1, 0.15) is 5.76 Å². The van der Waals surface area contributed by atoms with Crippen molar-refractivity contribution < 1.29 is 17.6 Å². The number of morpholine rings is 1. The van der Waals surface area contributed by atoms with Crippen LogP contribution in [0.1, 0.15) is 23.8 Å². The van der Waals surface area contributed by atoms with E-state index in [0.717, 1.165) is 30.8 Å². The first-order valence-electron chi connectivity index (χ1n) is 9.00. The molecule has 2 aromatic rings. The first-order chi connectivity index (χ1) is 12.6. The fourth-order valence-corrected chi connectivity index (χ4v) is 4.25. The summed E-state index contributed by atoms with van der Waals surface area (Å²) in [6.07, 6.45) is 2.98. The highest BCUT2D eigenvalue weighted by Gasteiger charge is 2.26. The Hall–Kier alpha value is -1.67. The lowest BCUT2D eigenvalue weighted by molar-refractivity contribution is 0.0128. The maximum Gasteiger partial charge on any atom is 0.211 e. The van der Waals surface area contributed by atoms with E-state index in [1.54, 1.807) is 6.26 Å². The van der Waals surface area contributed by atoms with E-state index in [0.29, 0.717) is 26.2 Å². The number of nitrogens with one attached hydrogen (secondary N) is 1. The molecule has 3 rings (SSSR count). The van der Waals surface area contributed by atoms with E-state index in [1.165, 1.54) is 0 Å². The molecule has 1 aliphatic heterocycles. The molecule has 0 amide bonds. The average Bonchev–Trinajstić information content (AvgIpc) is 3.18. The van der Waals surface area contributed by atoms with E-state index in [2.05, 4.69) is 9.62 Å². The van der Waals surface area contributed by atoms with Crippen molar-refractivity contribution >= 4 is 10.0 Å². The largest absolute Gasteiger partial charge is 0.468 e. The van der Waals surface area contributed by atoms with Gasteiger partial charge in [0.05, 0.1) is 31.3 Å². The fraction of sp³-hybridized carbons (Fsp3) is 0.474. The van der Waals surface area contributed by atoms with Gasteiger partial charge in [-0.25, -0.2) is 13.1 Å². The Morgan fingerprint density at radius 3 is 2.54 bits per heavy atom. The van der Waals surface area contributed by atoms with Gasteiger partial charge >= 0.3 is 0 Å². The zero-order valence-electron chi connectivity index (χ0n) is 14.8. The molecular formula is C19H26N2O4S. The minimum atomic E-state index is -3.33. The summed E-state index contributed by atoms with van der Waals surface area (Å²) in [5.74, 6) is 0.898. The lowest BCUT2D eigenvalue weighted by Crippen LogP contribution is -2.44. The number of hydrogen-bond donors (Lipinski definition) is 1. The molecule has 2 heterocycles. The predicted molar refractivity (Wildman–Crippen MR) is 100 cm³/mol. The summed E-state index contributed by atoms with van der Waals surface area (Å²) >= 11 is 0. The van der Waals surface area contributed by atoms with Crippen LogP contribution in [0.4, 0.5) is 0 Å². The molecular weight excluding hydrogens is 352 g/mol. The van der Waals surface area contributed by atoms with Crippen LogP contribution in [-0.2, 0) is 21.2 Å². The molecule has 1 N–H and O–H groups in total. The summed E-state index contributed by atoms with van der Waals surface area (Å²) in [6, 6.07) is 13.6. The number of hydrogen-bond acceptors (Lipinski definition) is 5. The highest BCUT2D eigenvalue weighted by atomic mass is 32.2. The first-order valence-corrected chi connectivity index (χ1v) is 10.7. The molecule has 1 aromatic heterocycles. The van der Waals surface area contributed by atoms with E-state index >= 15 is 0 Å². The smallest absolute Gasteiger partial charge is 0.211 e. The minimum Gasteiger partial charge on any atom is -0.468 e. The van der Waals surface area contributed by atoms with Crippen molar-refractivity contribution in [1.82, 2.24) is 9.62 Å². The molecule has 1 aliphatic rings. The Labute approximate surface area is 155 Å². The third-order valence-corrected chi connectivity index (χ3v) is 6.01. The number of benzene rings is 1. The van der Waals surface area contributed by atoms with Gasteiger partial charge in [-0.3, -0.25) is 4.90 Å². The van der Waals surface area contributed by atoms with Gasteiger partial charge in [-0.15, -0.1) is 0 Å². The maximum absolute atomic E-state index is 12.4. The van der Waals surface area contributed by atoms with Crippen LogP contribution in [-0.4, -0.2) is 51.9 Å². The molecule has 0 radical (unpaired) electrons. The molecule has 1 unspecified atom stereocenters. The monoisotopic (exact) mass is 378 g/mol. The van der Waals surface area contributed by atoms with Crippen LogP contribution in [0.25, 0.3) is 0 Å². The Balaban J connectivity index is 1.53. The second kappa shape index (κ2) is 9.32. The number of rotatable bonds is 9. The fourth-order valence-electron chi connectivity index (χ4n) is 3.17. The number of furan rings is 1. The van der Waals surface area contributed by atoms with Crippen molar-refractivity contribution in [2.45, 2.75) is 18.9 Å². The Kier molecular flexibility index (Phi) is 6.85. The second-order valence-corrected chi connectivity index (χ2v) is 8.36. The van der Waals surface area contributed by atoms with Crippen molar-refractivity contribution in [3.8, 4) is 0 Å². The van der Waals surface area contributed by atoms with E-state index in [1.807, 2.05) is 42.5 Å². The lowest BCUT2D eigenvalue weighted by atomic mass is 10.1. The average molecular weight is 378 g/mol. The van der Waals surface area contributed by atoms with E-state index in [4.69, 9.17) is 9.15 Å². The summed E-state index contributed by atoms with van der Waals surface area (Å²) in [5, 5.41) is 0. The van der Waals surface area contributed by atoms with Gasteiger partial charge < -0.3 is 9.15 Å². The summed E-state index contributed by atoms with van der Waals surface area (Å²) in [5.41, 5.74) is 1.16. The SMILES string of the molecule is O=S(=O)(CCCc1ccccc1)NCC(c1ccco1)N1CCOCC1.